The summed E-state index contributed by atoms with van der Waals surface area (Å²) in [6.45, 7) is 1.04. The van der Waals surface area contributed by atoms with E-state index in [0.717, 1.165) is 10.5 Å². The molecule has 0 saturated heterocycles. The van der Waals surface area contributed by atoms with Gasteiger partial charge in [-0.3, -0.25) is 4.90 Å². The smallest absolute Gasteiger partial charge is 0.409 e. The molecule has 17 heavy (non-hydrogen) atoms. The number of hydrogen-bond donors (Lipinski definition) is 3. The standard InChI is InChI=1S/C12H17NO4/c1-2-12(17,9-14)13(11(15)16)8-10-6-4-3-5-7-10/h3-7,14,17H,2,8-9H2,1H3,(H,15,16). The molecule has 0 spiro atoms. The molecule has 94 valence electrons. The summed E-state index contributed by atoms with van der Waals surface area (Å²) in [7, 11) is 0. The van der Waals surface area contributed by atoms with Gasteiger partial charge in [0.25, 0.3) is 0 Å². The molecule has 0 radical (unpaired) electrons. The zero-order valence-corrected chi connectivity index (χ0v) is 9.71. The average Bonchev–Trinajstić information content (AvgIpc) is 2.36. The molecular weight excluding hydrogens is 222 g/mol. The topological polar surface area (TPSA) is 81.0 Å². The second-order valence-electron chi connectivity index (χ2n) is 3.85. The number of nitrogens with zero attached hydrogens (tertiary/aromatic N) is 1. The van der Waals surface area contributed by atoms with Gasteiger partial charge in [0.1, 0.15) is 0 Å². The van der Waals surface area contributed by atoms with Gasteiger partial charge in [0.15, 0.2) is 5.72 Å². The Hall–Kier alpha value is -1.59. The molecule has 0 aliphatic heterocycles. The van der Waals surface area contributed by atoms with E-state index in [1.165, 1.54) is 0 Å². The van der Waals surface area contributed by atoms with E-state index in [4.69, 9.17) is 10.2 Å². The van der Waals surface area contributed by atoms with Gasteiger partial charge in [-0.25, -0.2) is 4.79 Å². The molecule has 0 bridgehead atoms. The van der Waals surface area contributed by atoms with Gasteiger partial charge in [0.2, 0.25) is 0 Å². The number of hydrogen-bond acceptors (Lipinski definition) is 3. The van der Waals surface area contributed by atoms with Crippen LogP contribution < -0.4 is 0 Å². The number of carboxylic acid groups (broad SMARTS) is 1. The second kappa shape index (κ2) is 5.65. The monoisotopic (exact) mass is 239 g/mol. The Morgan fingerprint density at radius 3 is 2.35 bits per heavy atom. The van der Waals surface area contributed by atoms with Crippen molar-refractivity contribution in [2.24, 2.45) is 0 Å². The van der Waals surface area contributed by atoms with Crippen LogP contribution in [0.5, 0.6) is 0 Å². The lowest BCUT2D eigenvalue weighted by atomic mass is 10.1. The van der Waals surface area contributed by atoms with E-state index in [-0.39, 0.29) is 13.0 Å². The van der Waals surface area contributed by atoms with E-state index in [2.05, 4.69) is 0 Å². The Balaban J connectivity index is 2.91. The first-order valence-corrected chi connectivity index (χ1v) is 5.41. The number of benzene rings is 1. The van der Waals surface area contributed by atoms with Crippen molar-refractivity contribution in [1.29, 1.82) is 0 Å². The SMILES string of the molecule is CCC(O)(CO)N(Cc1ccccc1)C(=O)O. The molecule has 1 unspecified atom stereocenters. The highest BCUT2D eigenvalue weighted by atomic mass is 16.4. The maximum Gasteiger partial charge on any atom is 0.409 e. The van der Waals surface area contributed by atoms with Crippen LogP contribution in [0.3, 0.4) is 0 Å². The van der Waals surface area contributed by atoms with Crippen molar-refractivity contribution < 1.29 is 20.1 Å². The molecular formula is C12H17NO4. The molecule has 0 fully saturated rings. The molecule has 0 heterocycles. The van der Waals surface area contributed by atoms with Crippen LogP contribution in [-0.2, 0) is 6.54 Å². The third kappa shape index (κ3) is 3.18. The number of rotatable bonds is 5. The van der Waals surface area contributed by atoms with Crippen molar-refractivity contribution in [3.63, 3.8) is 0 Å². The second-order valence-corrected chi connectivity index (χ2v) is 3.85. The number of aliphatic hydroxyl groups is 2. The van der Waals surface area contributed by atoms with Crippen molar-refractivity contribution >= 4 is 6.09 Å². The molecule has 0 aromatic heterocycles. The van der Waals surface area contributed by atoms with Gasteiger partial charge in [0, 0.05) is 0 Å². The Kier molecular flexibility index (Phi) is 4.48. The zero-order chi connectivity index (χ0) is 12.9. The molecule has 5 nitrogen and oxygen atoms in total. The minimum Gasteiger partial charge on any atom is -0.465 e. The molecule has 1 aromatic carbocycles. The molecule has 1 aromatic rings. The van der Waals surface area contributed by atoms with Gasteiger partial charge in [-0.05, 0) is 12.0 Å². The zero-order valence-electron chi connectivity index (χ0n) is 9.71. The van der Waals surface area contributed by atoms with Gasteiger partial charge in [-0.15, -0.1) is 0 Å². The third-order valence-electron chi connectivity index (χ3n) is 2.74. The van der Waals surface area contributed by atoms with Crippen LogP contribution in [0, 0.1) is 0 Å². The van der Waals surface area contributed by atoms with Gasteiger partial charge in [-0.1, -0.05) is 37.3 Å². The number of aliphatic hydroxyl groups excluding tert-OH is 1. The van der Waals surface area contributed by atoms with Gasteiger partial charge >= 0.3 is 6.09 Å². The fourth-order valence-electron chi connectivity index (χ4n) is 1.55. The first-order valence-electron chi connectivity index (χ1n) is 5.41. The van der Waals surface area contributed by atoms with Crippen molar-refractivity contribution in [3.05, 3.63) is 35.9 Å². The van der Waals surface area contributed by atoms with Crippen LogP contribution in [0.4, 0.5) is 4.79 Å². The minimum absolute atomic E-state index is 0.0427. The summed E-state index contributed by atoms with van der Waals surface area (Å²) in [5.74, 6) is 0. The van der Waals surface area contributed by atoms with E-state index >= 15 is 0 Å². The predicted molar refractivity (Wildman–Crippen MR) is 62.3 cm³/mol. The van der Waals surface area contributed by atoms with Gasteiger partial charge in [0.05, 0.1) is 13.2 Å². The van der Waals surface area contributed by atoms with Crippen molar-refractivity contribution in [2.75, 3.05) is 6.61 Å². The summed E-state index contributed by atoms with van der Waals surface area (Å²) in [6, 6.07) is 8.94. The number of amides is 1. The van der Waals surface area contributed by atoms with Gasteiger partial charge < -0.3 is 15.3 Å². The molecule has 5 heteroatoms. The van der Waals surface area contributed by atoms with Crippen molar-refractivity contribution in [3.8, 4) is 0 Å². The summed E-state index contributed by atoms with van der Waals surface area (Å²) in [5, 5.41) is 28.2. The Bertz CT molecular complexity index is 362. The molecule has 0 aliphatic rings. The lowest BCUT2D eigenvalue weighted by Crippen LogP contribution is -2.53. The van der Waals surface area contributed by atoms with Crippen LogP contribution in [0.2, 0.25) is 0 Å². The summed E-state index contributed by atoms with van der Waals surface area (Å²) in [5.41, 5.74) is -0.975. The third-order valence-corrected chi connectivity index (χ3v) is 2.74. The largest absolute Gasteiger partial charge is 0.465 e. The molecule has 0 aliphatic carbocycles. The first-order chi connectivity index (χ1) is 8.03. The summed E-state index contributed by atoms with van der Waals surface area (Å²) >= 11 is 0. The van der Waals surface area contributed by atoms with Crippen LogP contribution in [-0.4, -0.2) is 38.6 Å². The summed E-state index contributed by atoms with van der Waals surface area (Å²) in [4.78, 5) is 12.0. The highest BCUT2D eigenvalue weighted by Gasteiger charge is 2.35. The van der Waals surface area contributed by atoms with Crippen LogP contribution in [0.15, 0.2) is 30.3 Å². The maximum absolute atomic E-state index is 11.1. The quantitative estimate of drug-likeness (QED) is 0.676. The van der Waals surface area contributed by atoms with Crippen LogP contribution in [0.25, 0.3) is 0 Å². The Morgan fingerprint density at radius 1 is 1.35 bits per heavy atom. The lowest BCUT2D eigenvalue weighted by Gasteiger charge is -2.35. The maximum atomic E-state index is 11.1. The van der Waals surface area contributed by atoms with Crippen molar-refractivity contribution in [1.82, 2.24) is 4.90 Å². The van der Waals surface area contributed by atoms with Gasteiger partial charge in [-0.2, -0.15) is 0 Å². The normalized spacial score (nSPS) is 14.1. The fourth-order valence-corrected chi connectivity index (χ4v) is 1.55. The fraction of sp³-hybridized carbons (Fsp3) is 0.417. The lowest BCUT2D eigenvalue weighted by molar-refractivity contribution is -0.128. The van der Waals surface area contributed by atoms with E-state index in [1.54, 1.807) is 31.2 Å². The molecule has 1 atom stereocenters. The molecule has 0 saturated carbocycles. The average molecular weight is 239 g/mol. The highest BCUT2D eigenvalue weighted by Crippen LogP contribution is 2.19. The molecule has 3 N–H and O–H groups in total. The highest BCUT2D eigenvalue weighted by molar-refractivity contribution is 5.66. The van der Waals surface area contributed by atoms with Crippen LogP contribution >= 0.6 is 0 Å². The summed E-state index contributed by atoms with van der Waals surface area (Å²) < 4.78 is 0. The molecule has 1 rings (SSSR count). The Labute approximate surface area is 99.9 Å². The molecule has 1 amide bonds. The van der Waals surface area contributed by atoms with E-state index in [1.807, 2.05) is 6.07 Å². The minimum atomic E-state index is -1.73. The van der Waals surface area contributed by atoms with E-state index in [9.17, 15) is 9.90 Å². The Morgan fingerprint density at radius 2 is 1.94 bits per heavy atom. The summed E-state index contributed by atoms with van der Waals surface area (Å²) in [6.07, 6.45) is -1.13. The van der Waals surface area contributed by atoms with Crippen molar-refractivity contribution in [2.45, 2.75) is 25.6 Å². The van der Waals surface area contributed by atoms with E-state index in [0.29, 0.717) is 0 Å². The van der Waals surface area contributed by atoms with E-state index < -0.39 is 18.4 Å². The first kappa shape index (κ1) is 13.5. The number of carbonyl (C=O) groups is 1. The predicted octanol–water partition coefficient (Wildman–Crippen LogP) is 1.26. The van der Waals surface area contributed by atoms with Crippen LogP contribution in [0.1, 0.15) is 18.9 Å².